The van der Waals surface area contributed by atoms with Crippen molar-refractivity contribution in [1.82, 2.24) is 9.78 Å². The maximum Gasteiger partial charge on any atom is 0.217 e. The van der Waals surface area contributed by atoms with E-state index in [0.717, 1.165) is 11.9 Å². The molecule has 35 heavy (non-hydrogen) atoms. The smallest absolute Gasteiger partial charge is 0.217 e. The van der Waals surface area contributed by atoms with Gasteiger partial charge in [0.2, 0.25) is 11.7 Å². The zero-order valence-corrected chi connectivity index (χ0v) is 20.7. The van der Waals surface area contributed by atoms with Gasteiger partial charge in [-0.25, -0.2) is 13.1 Å². The van der Waals surface area contributed by atoms with E-state index >= 15 is 0 Å². The van der Waals surface area contributed by atoms with Gasteiger partial charge in [-0.15, -0.1) is 0 Å². The second-order valence-electron chi connectivity index (χ2n) is 8.26. The first-order valence-electron chi connectivity index (χ1n) is 10.8. The molecule has 0 saturated heterocycles. The molecule has 8 nitrogen and oxygen atoms in total. The number of Topliss-reactive ketones (excluding diaryl/α,β-unsaturated/α-hetero) is 2. The maximum atomic E-state index is 13.1. The number of carbonyl (C=O) groups excluding carboxylic acids is 2. The molecule has 0 bridgehead atoms. The molecule has 0 fully saturated rings. The lowest BCUT2D eigenvalue weighted by molar-refractivity contribution is -0.116. The van der Waals surface area contributed by atoms with Gasteiger partial charge in [0.05, 0.1) is 21.3 Å². The Kier molecular flexibility index (Phi) is 6.82. The Bertz CT molecular complexity index is 1460. The Morgan fingerprint density at radius 2 is 1.89 bits per heavy atom. The average Bonchev–Trinajstić information content (AvgIpc) is 3.18. The second-order valence-corrected chi connectivity index (χ2v) is 10.6. The van der Waals surface area contributed by atoms with E-state index in [1.807, 2.05) is 30.3 Å². The van der Waals surface area contributed by atoms with Crippen LogP contribution < -0.4 is 4.74 Å². The van der Waals surface area contributed by atoms with Crippen LogP contribution in [0.4, 0.5) is 0 Å². The van der Waals surface area contributed by atoms with Crippen molar-refractivity contribution in [2.45, 2.75) is 37.7 Å². The number of benzene rings is 2. The highest BCUT2D eigenvalue weighted by molar-refractivity contribution is 7.90. The highest BCUT2D eigenvalue weighted by Gasteiger charge is 2.30. The summed E-state index contributed by atoms with van der Waals surface area (Å²) in [6, 6.07) is 13.5. The fraction of sp³-hybridized carbons (Fsp3) is 0.240. The Morgan fingerprint density at radius 1 is 1.17 bits per heavy atom. The Morgan fingerprint density at radius 3 is 2.54 bits per heavy atom. The van der Waals surface area contributed by atoms with Crippen molar-refractivity contribution < 1.29 is 27.9 Å². The van der Waals surface area contributed by atoms with Crippen LogP contribution in [0.1, 0.15) is 40.9 Å². The molecule has 1 heterocycles. The summed E-state index contributed by atoms with van der Waals surface area (Å²) in [5, 5.41) is 14.4. The predicted molar refractivity (Wildman–Crippen MR) is 130 cm³/mol. The summed E-state index contributed by atoms with van der Waals surface area (Å²) in [6.45, 7) is 1.52. The van der Waals surface area contributed by atoms with E-state index in [1.165, 1.54) is 12.1 Å². The third-order valence-electron chi connectivity index (χ3n) is 5.62. The number of hydrogen-bond donors (Lipinski definition) is 1. The summed E-state index contributed by atoms with van der Waals surface area (Å²) in [4.78, 5) is 25.4. The minimum Gasteiger partial charge on any atom is -0.511 e. The zero-order chi connectivity index (χ0) is 25.3. The molecule has 1 N–H and O–H groups in total. The monoisotopic (exact) mass is 514 g/mol. The van der Waals surface area contributed by atoms with Crippen LogP contribution in [0.2, 0.25) is 5.02 Å². The zero-order valence-electron chi connectivity index (χ0n) is 19.1. The van der Waals surface area contributed by atoms with Crippen molar-refractivity contribution >= 4 is 33.0 Å². The summed E-state index contributed by atoms with van der Waals surface area (Å²) in [6.07, 6.45) is 1.84. The number of aromatic nitrogens is 2. The van der Waals surface area contributed by atoms with Crippen molar-refractivity contribution in [2.24, 2.45) is 0 Å². The minimum atomic E-state index is -3.73. The molecule has 1 aliphatic rings. The number of allylic oxidation sites excluding steroid dienone is 2. The van der Waals surface area contributed by atoms with E-state index in [0.29, 0.717) is 18.0 Å². The largest absolute Gasteiger partial charge is 0.511 e. The highest BCUT2D eigenvalue weighted by Crippen LogP contribution is 2.33. The van der Waals surface area contributed by atoms with Gasteiger partial charge in [0.25, 0.3) is 0 Å². The maximum absolute atomic E-state index is 13.1. The predicted octanol–water partition coefficient (Wildman–Crippen LogP) is 4.56. The fourth-order valence-electron chi connectivity index (χ4n) is 3.96. The van der Waals surface area contributed by atoms with Gasteiger partial charge in [-0.3, -0.25) is 9.59 Å². The number of hydrogen-bond acceptors (Lipinski definition) is 7. The highest BCUT2D eigenvalue weighted by atomic mass is 35.5. The van der Waals surface area contributed by atoms with Gasteiger partial charge in [0.15, 0.2) is 15.6 Å². The lowest BCUT2D eigenvalue weighted by Crippen LogP contribution is -2.20. The van der Waals surface area contributed by atoms with Gasteiger partial charge in [0, 0.05) is 36.3 Å². The lowest BCUT2D eigenvalue weighted by atomic mass is 9.90. The van der Waals surface area contributed by atoms with Gasteiger partial charge in [0.1, 0.15) is 17.9 Å². The summed E-state index contributed by atoms with van der Waals surface area (Å²) in [5.41, 5.74) is 1.10. The minimum absolute atomic E-state index is 0.0711. The van der Waals surface area contributed by atoms with Crippen LogP contribution in [0.3, 0.4) is 0 Å². The van der Waals surface area contributed by atoms with Crippen LogP contribution in [-0.2, 0) is 21.2 Å². The van der Waals surface area contributed by atoms with E-state index in [9.17, 15) is 23.1 Å². The number of sulfone groups is 1. The molecule has 10 heteroatoms. The van der Waals surface area contributed by atoms with Crippen LogP contribution in [0.15, 0.2) is 64.8 Å². The van der Waals surface area contributed by atoms with Gasteiger partial charge in [-0.2, -0.15) is 5.10 Å². The normalized spacial score (nSPS) is 14.3. The van der Waals surface area contributed by atoms with E-state index in [-0.39, 0.29) is 51.8 Å². The molecule has 0 saturated carbocycles. The number of ether oxygens (including phenoxy) is 1. The summed E-state index contributed by atoms with van der Waals surface area (Å²) in [5.74, 6) is -1.15. The van der Waals surface area contributed by atoms with Crippen molar-refractivity contribution in [3.05, 3.63) is 81.7 Å². The van der Waals surface area contributed by atoms with E-state index < -0.39 is 21.4 Å². The molecule has 0 amide bonds. The molecular formula is C25H23ClN2O6S. The first-order valence-corrected chi connectivity index (χ1v) is 13.1. The summed E-state index contributed by atoms with van der Waals surface area (Å²) in [7, 11) is -3.73. The van der Waals surface area contributed by atoms with Crippen LogP contribution in [0.25, 0.3) is 5.69 Å². The molecule has 1 aromatic heterocycles. The SMILES string of the molecule is Cc1cc(OCc2c(S(C)(=O)=O)ccc(C(=O)C3=C(O)CCCC3=O)c2Cl)n(-c2ccccc2)n1. The molecule has 3 aromatic rings. The lowest BCUT2D eigenvalue weighted by Gasteiger charge is -2.17. The van der Waals surface area contributed by atoms with Crippen molar-refractivity contribution in [3.8, 4) is 11.6 Å². The molecule has 0 radical (unpaired) electrons. The first-order chi connectivity index (χ1) is 16.6. The van der Waals surface area contributed by atoms with Crippen molar-refractivity contribution in [3.63, 3.8) is 0 Å². The third-order valence-corrected chi connectivity index (χ3v) is 7.23. The first kappa shape index (κ1) is 24.7. The van der Waals surface area contributed by atoms with E-state index in [2.05, 4.69) is 5.10 Å². The number of ketones is 2. The van der Waals surface area contributed by atoms with Gasteiger partial charge in [-0.1, -0.05) is 29.8 Å². The second kappa shape index (κ2) is 9.67. The van der Waals surface area contributed by atoms with Crippen LogP contribution in [0, 0.1) is 6.92 Å². The molecule has 0 atom stereocenters. The van der Waals surface area contributed by atoms with E-state index in [1.54, 1.807) is 17.7 Å². The summed E-state index contributed by atoms with van der Waals surface area (Å²) >= 11 is 6.55. The molecule has 0 aliphatic heterocycles. The van der Waals surface area contributed by atoms with Crippen LogP contribution in [-0.4, -0.2) is 41.1 Å². The van der Waals surface area contributed by atoms with Gasteiger partial charge in [-0.05, 0) is 37.6 Å². The number of halogens is 1. The third kappa shape index (κ3) is 5.01. The molecule has 0 unspecified atom stereocenters. The van der Waals surface area contributed by atoms with Crippen molar-refractivity contribution in [1.29, 1.82) is 0 Å². The van der Waals surface area contributed by atoms with Crippen LogP contribution in [0.5, 0.6) is 5.88 Å². The molecule has 2 aromatic carbocycles. The Hall–Kier alpha value is -3.43. The molecule has 1 aliphatic carbocycles. The molecule has 4 rings (SSSR count). The average molecular weight is 515 g/mol. The van der Waals surface area contributed by atoms with Gasteiger partial charge >= 0.3 is 0 Å². The summed E-state index contributed by atoms with van der Waals surface area (Å²) < 4.78 is 32.5. The topological polar surface area (TPSA) is 116 Å². The fourth-order valence-corrected chi connectivity index (χ4v) is 5.24. The Labute approximate surface area is 207 Å². The quantitative estimate of drug-likeness (QED) is 0.363. The number of aliphatic hydroxyl groups is 1. The standard InChI is InChI=1S/C25H23ClN2O6S/c1-15-13-22(28(27-15)16-7-4-3-5-8-16)34-14-18-21(35(2,32)33)12-11-17(24(18)26)25(31)23-19(29)9-6-10-20(23)30/h3-5,7-8,11-13,29H,6,9-10,14H2,1-2H3. The number of aryl methyl sites for hydroxylation is 1. The molecule has 0 spiro atoms. The molecule has 182 valence electrons. The number of para-hydroxylation sites is 1. The number of carbonyl (C=O) groups is 2. The number of aliphatic hydroxyl groups excluding tert-OH is 1. The van der Waals surface area contributed by atoms with E-state index in [4.69, 9.17) is 16.3 Å². The number of nitrogens with zero attached hydrogens (tertiary/aromatic N) is 2. The Balaban J connectivity index is 1.75. The van der Waals surface area contributed by atoms with Crippen molar-refractivity contribution in [2.75, 3.05) is 6.26 Å². The van der Waals surface area contributed by atoms with Gasteiger partial charge < -0.3 is 9.84 Å². The molecular weight excluding hydrogens is 492 g/mol. The van der Waals surface area contributed by atoms with Crippen LogP contribution >= 0.6 is 11.6 Å². The number of rotatable bonds is 7.